The number of allylic oxidation sites excluding steroid dienone is 2. The van der Waals surface area contributed by atoms with Gasteiger partial charge in [-0.05, 0) is 208 Å². The number of rotatable bonds is 18. The fraction of sp³-hybridized carbons (Fsp3) is 0.289. The van der Waals surface area contributed by atoms with Gasteiger partial charge in [-0.3, -0.25) is 0 Å². The number of carboxylic acid groups (broad SMARTS) is 2. The van der Waals surface area contributed by atoms with E-state index in [0.29, 0.717) is 114 Å². The number of fused-ring (bicyclic) bond motifs is 3. The second-order valence-electron chi connectivity index (χ2n) is 22.5. The average molecular weight is 1590 g/mol. The van der Waals surface area contributed by atoms with Gasteiger partial charge in [-0.2, -0.15) is 0 Å². The van der Waals surface area contributed by atoms with Crippen molar-refractivity contribution in [1.82, 2.24) is 0 Å². The van der Waals surface area contributed by atoms with E-state index in [9.17, 15) is 48.9 Å². The molecule has 0 amide bonds. The third kappa shape index (κ3) is 31.7. The molecule has 3 heterocycles. The van der Waals surface area contributed by atoms with Crippen molar-refractivity contribution in [2.75, 3.05) is 51.6 Å². The van der Waals surface area contributed by atoms with Gasteiger partial charge in [0.25, 0.3) is 0 Å². The van der Waals surface area contributed by atoms with Gasteiger partial charge >= 0.3 is 74.2 Å². The molecule has 7 aromatic carbocycles. The van der Waals surface area contributed by atoms with Crippen molar-refractivity contribution in [1.29, 1.82) is 0 Å². The van der Waals surface area contributed by atoms with Crippen LogP contribution in [-0.4, -0.2) is 141 Å². The Bertz CT molecular complexity index is 4460. The Morgan fingerprint density at radius 1 is 0.505 bits per heavy atom. The average Bonchev–Trinajstić information content (AvgIpc) is 1.66. The zero-order valence-electron chi connectivity index (χ0n) is 66.1. The summed E-state index contributed by atoms with van der Waals surface area (Å²) in [5.74, 6) is -2.19. The van der Waals surface area contributed by atoms with Gasteiger partial charge in [0.1, 0.15) is 46.5 Å². The van der Waals surface area contributed by atoms with Crippen LogP contribution < -0.4 is 39.0 Å². The maximum absolute atomic E-state index is 11.7. The molecule has 1 unspecified atom stereocenters. The van der Waals surface area contributed by atoms with Gasteiger partial charge in [0.15, 0.2) is 0 Å². The Labute approximate surface area is 670 Å². The van der Waals surface area contributed by atoms with Crippen molar-refractivity contribution in [3.8, 4) is 28.7 Å². The van der Waals surface area contributed by atoms with E-state index in [4.69, 9.17) is 62.4 Å². The molecule has 8 N–H and O–H groups in total. The molecule has 1 atom stereocenters. The van der Waals surface area contributed by atoms with E-state index in [1.165, 1.54) is 24.5 Å². The SMILES string of the molecule is C=CCBr.C=CCOc1cc(C(=O)OCC)ccc1C.C=CCc1c(C(=O)OCC)ccc(C)c1O.CCO.CCOC(=O)c1ccc(C)c(O)c1.CCOC(=O)c1ccc(C)c2c1CC(O)O2.CCOC(=O)c1ccc(C)c2occc12.Cc1ccc(C(=O)O)c2ccoc12.Cc1ccc(C(=O)O)cc1O.[2HH].[H+].[H+].[Na+].[OH-]. The van der Waals surface area contributed by atoms with Crippen LogP contribution >= 0.6 is 15.9 Å². The number of aryl methyl sites for hydroxylation is 7. The minimum absolute atomic E-state index is 0. The molecule has 1 aliphatic rings. The van der Waals surface area contributed by atoms with Crippen LogP contribution in [0.3, 0.4) is 0 Å². The number of halogens is 1. The van der Waals surface area contributed by atoms with E-state index in [2.05, 4.69) is 35.7 Å². The zero-order valence-corrected chi connectivity index (χ0v) is 67.7. The second kappa shape index (κ2) is 52.5. The summed E-state index contributed by atoms with van der Waals surface area (Å²) in [6, 6.07) is 31.6. The van der Waals surface area contributed by atoms with Crippen LogP contribution in [0.5, 0.6) is 28.7 Å². The van der Waals surface area contributed by atoms with E-state index in [1.54, 1.807) is 172 Å². The number of phenolic OH excluding ortho intramolecular Hbond substituents is 3. The smallest absolute Gasteiger partial charge is 0.870 e. The number of furan rings is 2. The third-order valence-corrected chi connectivity index (χ3v) is 15.1. The van der Waals surface area contributed by atoms with E-state index in [-0.39, 0.29) is 92.2 Å². The molecule has 24 nitrogen and oxygen atoms in total. The number of phenols is 3. The van der Waals surface area contributed by atoms with Crippen molar-refractivity contribution in [3.05, 3.63) is 255 Å². The summed E-state index contributed by atoms with van der Waals surface area (Å²) in [6.45, 7) is 36.4. The van der Waals surface area contributed by atoms with E-state index < -0.39 is 30.2 Å². The maximum Gasteiger partial charge on any atom is 1.00 e. The standard InChI is InChI=1S/2C13H16O3.C12H14O4.C12H12O3.C10H8O3.C10H12O3.C8H8O3.C3H5Br.C2H6O.Na.H2O.H2/c1-4-8-16-12-9-11(7-6-10(12)3)13(14)15-5-2;1-4-6-10-11(13(15)16-5-2)8-7-9(3)12(10)14;1-3-15-12(14)8-5-4-7(2)11-9(8)6-10(13)16-11;1-3-14-12(13)10-5-4-8(2)11-9(10)6-7-15-11;1-6-2-3-8(10(11)12)7-4-5-13-9(6)7;1-3-13-10(12)8-5-4-7(2)9(11)6-8;1-5-2-3-6(8(10)11)4-7(5)9;1-2-3-4;1-2-3;;;/h4,6-7,9H,1,5,8H2,2-3H3;4,7-8,14H,1,5-6H2,2-3H3;4-5,10,13H,3,6H2,1-2H3;4-7H,3H2,1-2H3;2-5H,1H3,(H,11,12);4-6,11H,3H2,1-2H3;2-4,9H,1H3,(H,10,11);2H,1,3H2;3H,2H2,1H3;;1H2;1H/q;;;;;;;;;+1;;/p+1/i;;;;;;;;;;;1+1. The molecule has 26 heteroatoms. The fourth-order valence-corrected chi connectivity index (χ4v) is 9.28. The number of aromatic hydroxyl groups is 3. The normalized spacial score (nSPS) is 10.7. The quantitative estimate of drug-likeness (QED) is 0.0138. The number of esters is 5. The van der Waals surface area contributed by atoms with Crippen molar-refractivity contribution in [2.45, 2.75) is 109 Å². The number of ether oxygens (including phenoxy) is 7. The van der Waals surface area contributed by atoms with Crippen LogP contribution in [0.15, 0.2) is 175 Å². The molecule has 2 aromatic heterocycles. The zero-order chi connectivity index (χ0) is 80.5. The topological polar surface area (TPSA) is 382 Å². The Hall–Kier alpha value is -10.5. The Balaban J connectivity index is -0.000000596. The predicted octanol–water partition coefficient (Wildman–Crippen LogP) is 14.3. The summed E-state index contributed by atoms with van der Waals surface area (Å²) in [5.41, 5.74) is 11.5. The van der Waals surface area contributed by atoms with Gasteiger partial charge in [-0.1, -0.05) is 83.2 Å². The first-order valence-corrected chi connectivity index (χ1v) is 34.9. The second-order valence-corrected chi connectivity index (χ2v) is 23.2. The Morgan fingerprint density at radius 2 is 0.890 bits per heavy atom. The number of benzene rings is 7. The molecule has 584 valence electrons. The van der Waals surface area contributed by atoms with Crippen LogP contribution in [-0.2, 0) is 36.5 Å². The Kier molecular flexibility index (Phi) is 47.4. The number of aromatic carboxylic acids is 2. The fourth-order valence-electron chi connectivity index (χ4n) is 9.28. The summed E-state index contributed by atoms with van der Waals surface area (Å²) in [6.07, 6.45) is 8.12. The Morgan fingerprint density at radius 3 is 1.34 bits per heavy atom. The molecule has 0 bridgehead atoms. The molecule has 0 fully saturated rings. The third-order valence-electron chi connectivity index (χ3n) is 14.6. The molecule has 0 spiro atoms. The molecule has 0 saturated heterocycles. The van der Waals surface area contributed by atoms with Gasteiger partial charge in [0.2, 0.25) is 6.29 Å². The molecular weight excluding hydrogens is 1480 g/mol. The number of hydrogen-bond donors (Lipinski definition) is 7. The molecule has 0 radical (unpaired) electrons. The number of carbonyl (C=O) groups is 7. The summed E-state index contributed by atoms with van der Waals surface area (Å²) < 4.78 is 45.7. The predicted molar refractivity (Wildman–Crippen MR) is 419 cm³/mol. The summed E-state index contributed by atoms with van der Waals surface area (Å²) in [7, 11) is 0. The molecule has 1 aliphatic heterocycles. The molecule has 0 aliphatic carbocycles. The van der Waals surface area contributed by atoms with Crippen LogP contribution in [0.25, 0.3) is 21.9 Å². The van der Waals surface area contributed by atoms with Crippen LogP contribution in [0, 0.1) is 48.5 Å². The van der Waals surface area contributed by atoms with E-state index in [0.717, 1.165) is 55.2 Å². The number of hydrogen-bond acceptors (Lipinski definition) is 22. The van der Waals surface area contributed by atoms with Crippen LogP contribution in [0.1, 0.15) is 168 Å². The molecule has 10 rings (SSSR count). The molecule has 9 aromatic rings. The number of alkyl halides is 1. The van der Waals surface area contributed by atoms with E-state index in [1.807, 2.05) is 39.8 Å². The van der Waals surface area contributed by atoms with Crippen LogP contribution in [0.4, 0.5) is 0 Å². The molecule has 109 heavy (non-hydrogen) atoms. The van der Waals surface area contributed by atoms with Crippen molar-refractivity contribution in [2.24, 2.45) is 0 Å². The van der Waals surface area contributed by atoms with Gasteiger partial charge in [-0.25, -0.2) is 33.6 Å². The van der Waals surface area contributed by atoms with Gasteiger partial charge < -0.3 is 83.2 Å². The van der Waals surface area contributed by atoms with Crippen molar-refractivity contribution >= 4 is 79.7 Å². The van der Waals surface area contributed by atoms with Crippen LogP contribution in [0.2, 0.25) is 0 Å². The summed E-state index contributed by atoms with van der Waals surface area (Å²) in [5, 5.41) is 65.0. The number of aliphatic hydroxyl groups is 2. The molecule has 0 saturated carbocycles. The van der Waals surface area contributed by atoms with Gasteiger partial charge in [0.05, 0.1) is 84.5 Å². The minimum Gasteiger partial charge on any atom is -0.870 e. The minimum atomic E-state index is -1.03. The molecular formula is C83H102BrNaO24+2. The maximum atomic E-state index is 11.7. The number of aliphatic hydroxyl groups excluding tert-OH is 2. The first-order valence-electron chi connectivity index (χ1n) is 33.8. The van der Waals surface area contributed by atoms with Crippen molar-refractivity contribution in [3.63, 3.8) is 0 Å². The number of carboxylic acids is 2. The van der Waals surface area contributed by atoms with Gasteiger partial charge in [-0.15, -0.1) is 13.2 Å². The summed E-state index contributed by atoms with van der Waals surface area (Å²) in [4.78, 5) is 78.7. The monoisotopic (exact) mass is 1590 g/mol. The summed E-state index contributed by atoms with van der Waals surface area (Å²) >= 11 is 3.13. The number of carbonyl (C=O) groups excluding carboxylic acids is 5. The van der Waals surface area contributed by atoms with Gasteiger partial charge in [0, 0.05) is 41.7 Å². The largest absolute Gasteiger partial charge is 1.00 e. The van der Waals surface area contributed by atoms with Crippen molar-refractivity contribution < 1.29 is 151 Å². The first kappa shape index (κ1) is 98.5. The first-order chi connectivity index (χ1) is 50.9. The van der Waals surface area contributed by atoms with E-state index >= 15 is 0 Å².